The van der Waals surface area contributed by atoms with Gasteiger partial charge in [-0.2, -0.15) is 0 Å². The standard InChI is InChI=1S/C29H35F3N2/c1-7-33(8-2)22-11-13-24(19(5)15-22)28(29-26(31)17-21(30)18-27(29)32)25-14-12-23(16-20(25)6)34(9-3)10-4/h11-18,28H,7-10H2,1-6H3. The molecule has 5 heteroatoms. The number of rotatable bonds is 9. The molecular weight excluding hydrogens is 433 g/mol. The van der Waals surface area contributed by atoms with Gasteiger partial charge in [0.2, 0.25) is 0 Å². The summed E-state index contributed by atoms with van der Waals surface area (Å²) in [6, 6.07) is 13.6. The summed E-state index contributed by atoms with van der Waals surface area (Å²) < 4.78 is 44.0. The van der Waals surface area contributed by atoms with Crippen LogP contribution in [0.25, 0.3) is 0 Å². The second kappa shape index (κ2) is 11.0. The van der Waals surface area contributed by atoms with Gasteiger partial charge in [-0.05, 0) is 88.1 Å². The third-order valence-corrected chi connectivity index (χ3v) is 6.72. The van der Waals surface area contributed by atoms with Crippen molar-refractivity contribution in [2.75, 3.05) is 36.0 Å². The molecule has 0 bridgehead atoms. The van der Waals surface area contributed by atoms with Crippen molar-refractivity contribution in [3.63, 3.8) is 0 Å². The average molecular weight is 469 g/mol. The summed E-state index contributed by atoms with van der Waals surface area (Å²) in [5.74, 6) is -3.36. The maximum atomic E-state index is 15.1. The van der Waals surface area contributed by atoms with Crippen molar-refractivity contribution in [2.24, 2.45) is 0 Å². The Morgan fingerprint density at radius 1 is 0.618 bits per heavy atom. The molecule has 0 fully saturated rings. The Bertz CT molecular complexity index is 1050. The summed E-state index contributed by atoms with van der Waals surface area (Å²) in [5, 5.41) is 0. The highest BCUT2D eigenvalue weighted by molar-refractivity contribution is 5.59. The van der Waals surface area contributed by atoms with Crippen LogP contribution in [0.4, 0.5) is 24.5 Å². The minimum atomic E-state index is -0.917. The second-order valence-corrected chi connectivity index (χ2v) is 8.64. The van der Waals surface area contributed by atoms with Gasteiger partial charge < -0.3 is 9.80 Å². The number of anilines is 2. The van der Waals surface area contributed by atoms with E-state index in [0.29, 0.717) is 0 Å². The number of hydrogen-bond acceptors (Lipinski definition) is 2. The van der Waals surface area contributed by atoms with Crippen LogP contribution < -0.4 is 9.80 Å². The van der Waals surface area contributed by atoms with Crippen LogP contribution in [0.1, 0.15) is 61.4 Å². The van der Waals surface area contributed by atoms with Gasteiger partial charge >= 0.3 is 0 Å². The van der Waals surface area contributed by atoms with Crippen LogP contribution in [0.3, 0.4) is 0 Å². The highest BCUT2D eigenvalue weighted by Gasteiger charge is 2.28. The molecule has 0 N–H and O–H groups in total. The van der Waals surface area contributed by atoms with Crippen LogP contribution in [0, 0.1) is 31.3 Å². The lowest BCUT2D eigenvalue weighted by Gasteiger charge is -2.28. The SMILES string of the molecule is CCN(CC)c1ccc(C(c2ccc(N(CC)CC)cc2C)c2c(F)cc(F)cc2F)c(C)c1. The zero-order valence-corrected chi connectivity index (χ0v) is 21.1. The second-order valence-electron chi connectivity index (χ2n) is 8.64. The highest BCUT2D eigenvalue weighted by atomic mass is 19.1. The van der Waals surface area contributed by atoms with Gasteiger partial charge in [-0.3, -0.25) is 0 Å². The summed E-state index contributed by atoms with van der Waals surface area (Å²) >= 11 is 0. The zero-order chi connectivity index (χ0) is 25.0. The topological polar surface area (TPSA) is 6.48 Å². The Balaban J connectivity index is 2.24. The molecule has 2 nitrogen and oxygen atoms in total. The Morgan fingerprint density at radius 2 is 1.00 bits per heavy atom. The Kier molecular flexibility index (Phi) is 8.29. The molecule has 0 saturated carbocycles. The fourth-order valence-corrected chi connectivity index (χ4v) is 4.85. The smallest absolute Gasteiger partial charge is 0.133 e. The Labute approximate surface area is 202 Å². The molecule has 182 valence electrons. The van der Waals surface area contributed by atoms with E-state index in [1.165, 1.54) is 0 Å². The van der Waals surface area contributed by atoms with Gasteiger partial charge in [0.05, 0.1) is 0 Å². The monoisotopic (exact) mass is 468 g/mol. The summed E-state index contributed by atoms with van der Waals surface area (Å²) in [5.41, 5.74) is 5.49. The predicted molar refractivity (Wildman–Crippen MR) is 137 cm³/mol. The molecule has 0 unspecified atom stereocenters. The maximum absolute atomic E-state index is 15.1. The minimum absolute atomic E-state index is 0.126. The first-order valence-electron chi connectivity index (χ1n) is 12.1. The normalized spacial score (nSPS) is 11.2. The fourth-order valence-electron chi connectivity index (χ4n) is 4.85. The first-order chi connectivity index (χ1) is 16.2. The van der Waals surface area contributed by atoms with Gasteiger partial charge in [0, 0.05) is 61.2 Å². The quantitative estimate of drug-likeness (QED) is 0.299. The van der Waals surface area contributed by atoms with Crippen LogP contribution >= 0.6 is 0 Å². The van der Waals surface area contributed by atoms with E-state index in [1.54, 1.807) is 0 Å². The lowest BCUT2D eigenvalue weighted by molar-refractivity contribution is 0.520. The lowest BCUT2D eigenvalue weighted by atomic mass is 9.80. The molecule has 0 amide bonds. The number of aryl methyl sites for hydroxylation is 2. The van der Waals surface area contributed by atoms with Gasteiger partial charge in [0.15, 0.2) is 0 Å². The third kappa shape index (κ3) is 5.08. The molecule has 0 aromatic heterocycles. The molecule has 3 aromatic carbocycles. The number of hydrogen-bond donors (Lipinski definition) is 0. The van der Waals surface area contributed by atoms with Gasteiger partial charge in [0.25, 0.3) is 0 Å². The maximum Gasteiger partial charge on any atom is 0.133 e. The van der Waals surface area contributed by atoms with E-state index in [1.807, 2.05) is 38.1 Å². The number of halogens is 3. The van der Waals surface area contributed by atoms with E-state index in [4.69, 9.17) is 0 Å². The van der Waals surface area contributed by atoms with Gasteiger partial charge in [-0.25, -0.2) is 13.2 Å². The molecule has 0 aliphatic carbocycles. The molecule has 0 aliphatic heterocycles. The Hall–Kier alpha value is -2.95. The summed E-state index contributed by atoms with van der Waals surface area (Å²) in [6.07, 6.45) is 0. The van der Waals surface area contributed by atoms with E-state index in [9.17, 15) is 4.39 Å². The van der Waals surface area contributed by atoms with Crippen molar-refractivity contribution >= 4 is 11.4 Å². The predicted octanol–water partition coefficient (Wildman–Crippen LogP) is 7.59. The van der Waals surface area contributed by atoms with Gasteiger partial charge in [-0.1, -0.05) is 12.1 Å². The molecule has 34 heavy (non-hydrogen) atoms. The summed E-state index contributed by atoms with van der Waals surface area (Å²) in [4.78, 5) is 4.46. The Morgan fingerprint density at radius 3 is 1.32 bits per heavy atom. The van der Waals surface area contributed by atoms with Crippen molar-refractivity contribution in [3.8, 4) is 0 Å². The number of benzene rings is 3. The number of nitrogens with zero attached hydrogens (tertiary/aromatic N) is 2. The molecule has 0 heterocycles. The molecule has 0 radical (unpaired) electrons. The molecule has 3 aromatic rings. The van der Waals surface area contributed by atoms with Gasteiger partial charge in [0.1, 0.15) is 17.5 Å². The van der Waals surface area contributed by atoms with Crippen molar-refractivity contribution in [2.45, 2.75) is 47.5 Å². The fraction of sp³-hybridized carbons (Fsp3) is 0.379. The molecule has 0 saturated heterocycles. The first-order valence-corrected chi connectivity index (χ1v) is 12.1. The van der Waals surface area contributed by atoms with E-state index in [0.717, 1.165) is 71.9 Å². The molecule has 0 atom stereocenters. The summed E-state index contributed by atoms with van der Waals surface area (Å²) in [7, 11) is 0. The molecular formula is C29H35F3N2. The van der Waals surface area contributed by atoms with Crippen molar-refractivity contribution < 1.29 is 13.2 Å². The average Bonchev–Trinajstić information content (AvgIpc) is 2.79. The third-order valence-electron chi connectivity index (χ3n) is 6.72. The van der Waals surface area contributed by atoms with Crippen LogP contribution in [0.5, 0.6) is 0 Å². The first kappa shape index (κ1) is 25.7. The largest absolute Gasteiger partial charge is 0.372 e. The van der Waals surface area contributed by atoms with Crippen LogP contribution in [0.2, 0.25) is 0 Å². The van der Waals surface area contributed by atoms with Gasteiger partial charge in [-0.15, -0.1) is 0 Å². The highest BCUT2D eigenvalue weighted by Crippen LogP contribution is 2.40. The van der Waals surface area contributed by atoms with Crippen molar-refractivity contribution in [1.82, 2.24) is 0 Å². The van der Waals surface area contributed by atoms with E-state index >= 15 is 8.78 Å². The zero-order valence-electron chi connectivity index (χ0n) is 21.1. The molecule has 0 aliphatic rings. The lowest BCUT2D eigenvalue weighted by Crippen LogP contribution is -2.22. The minimum Gasteiger partial charge on any atom is -0.372 e. The van der Waals surface area contributed by atoms with Crippen LogP contribution in [-0.4, -0.2) is 26.2 Å². The van der Waals surface area contributed by atoms with E-state index in [2.05, 4.69) is 49.6 Å². The summed E-state index contributed by atoms with van der Waals surface area (Å²) in [6.45, 7) is 15.8. The van der Waals surface area contributed by atoms with Crippen LogP contribution in [0.15, 0.2) is 48.5 Å². The molecule has 0 spiro atoms. The van der Waals surface area contributed by atoms with E-state index in [-0.39, 0.29) is 5.56 Å². The van der Waals surface area contributed by atoms with Crippen molar-refractivity contribution in [1.29, 1.82) is 0 Å². The molecule has 3 rings (SSSR count). The van der Waals surface area contributed by atoms with E-state index < -0.39 is 23.4 Å². The van der Waals surface area contributed by atoms with Crippen molar-refractivity contribution in [3.05, 3.63) is 93.8 Å². The van der Waals surface area contributed by atoms with Crippen LogP contribution in [-0.2, 0) is 0 Å².